The van der Waals surface area contributed by atoms with Crippen molar-refractivity contribution in [3.05, 3.63) is 34.6 Å². The molecule has 1 aromatic carbocycles. The van der Waals surface area contributed by atoms with Gasteiger partial charge >= 0.3 is 0 Å². The molecule has 0 saturated heterocycles. The number of benzene rings is 1. The summed E-state index contributed by atoms with van der Waals surface area (Å²) in [6.45, 7) is 3.11. The molecule has 0 aliphatic heterocycles. The third-order valence-corrected chi connectivity index (χ3v) is 6.90. The van der Waals surface area contributed by atoms with Crippen molar-refractivity contribution >= 4 is 23.4 Å². The third-order valence-electron chi connectivity index (χ3n) is 6.68. The van der Waals surface area contributed by atoms with Crippen molar-refractivity contribution in [2.45, 2.75) is 63.5 Å². The quantitative estimate of drug-likeness (QED) is 0.702. The van der Waals surface area contributed by atoms with Crippen molar-refractivity contribution in [2.24, 2.45) is 5.92 Å². The van der Waals surface area contributed by atoms with Gasteiger partial charge in [-0.1, -0.05) is 11.6 Å². The molecule has 2 N–H and O–H groups in total. The molecule has 0 atom stereocenters. The Morgan fingerprint density at radius 3 is 2.48 bits per heavy atom. The Hall–Kier alpha value is -1.66. The van der Waals surface area contributed by atoms with Crippen LogP contribution in [0.1, 0.15) is 62.2 Å². The number of halogens is 2. The molecule has 29 heavy (non-hydrogen) atoms. The molecule has 0 radical (unpaired) electrons. The van der Waals surface area contributed by atoms with Gasteiger partial charge in [-0.25, -0.2) is 4.39 Å². The Kier molecular flexibility index (Phi) is 7.17. The summed E-state index contributed by atoms with van der Waals surface area (Å²) in [5, 5.41) is 6.51. The average Bonchev–Trinajstić information content (AvgIpc) is 2.67. The van der Waals surface area contributed by atoms with Crippen LogP contribution < -0.4 is 10.6 Å². The molecule has 2 aliphatic carbocycles. The maximum atomic E-state index is 13.4. The van der Waals surface area contributed by atoms with Gasteiger partial charge in [0.15, 0.2) is 0 Å². The maximum Gasteiger partial charge on any atom is 0.251 e. The number of rotatable bonds is 7. The summed E-state index contributed by atoms with van der Waals surface area (Å²) in [6, 6.07) is 4.19. The van der Waals surface area contributed by atoms with Crippen LogP contribution in [0, 0.1) is 11.7 Å². The molecule has 0 bridgehead atoms. The van der Waals surface area contributed by atoms with Gasteiger partial charge in [-0.15, -0.1) is 0 Å². The molecule has 0 unspecified atom stereocenters. The van der Waals surface area contributed by atoms with Gasteiger partial charge in [0.25, 0.3) is 5.91 Å². The van der Waals surface area contributed by atoms with Crippen molar-refractivity contribution in [2.75, 3.05) is 20.1 Å². The van der Waals surface area contributed by atoms with E-state index in [2.05, 4.69) is 17.6 Å². The second kappa shape index (κ2) is 9.43. The predicted octanol–water partition coefficient (Wildman–Crippen LogP) is 3.76. The molecular formula is C22H31ClFN3O2. The third kappa shape index (κ3) is 5.70. The summed E-state index contributed by atoms with van der Waals surface area (Å²) in [5.41, 5.74) is 0.286. The van der Waals surface area contributed by atoms with E-state index in [0.29, 0.717) is 25.0 Å². The standard InChI is InChI=1S/C22H31ClFN3O2/c1-22(8-3-9-22)27(2)20(28)14-25-19-6-4-15(5-7-19)13-26-21(29)16-10-17(23)12-18(24)11-16/h10-12,15,19,25H,3-9,13-14H2,1-2H3,(H,26,29)/t15-,19+. The van der Waals surface area contributed by atoms with Crippen LogP contribution in [0.15, 0.2) is 18.2 Å². The highest BCUT2D eigenvalue weighted by molar-refractivity contribution is 6.31. The summed E-state index contributed by atoms with van der Waals surface area (Å²) >= 11 is 5.81. The van der Waals surface area contributed by atoms with Gasteiger partial charge in [-0.2, -0.15) is 0 Å². The minimum atomic E-state index is -0.513. The number of carbonyl (C=O) groups is 2. The molecule has 0 spiro atoms. The lowest BCUT2D eigenvalue weighted by Gasteiger charge is -2.46. The van der Waals surface area contributed by atoms with Crippen LogP contribution in [0.4, 0.5) is 4.39 Å². The van der Waals surface area contributed by atoms with E-state index in [1.165, 1.54) is 24.6 Å². The highest BCUT2D eigenvalue weighted by Gasteiger charge is 2.38. The summed E-state index contributed by atoms with van der Waals surface area (Å²) < 4.78 is 13.4. The smallest absolute Gasteiger partial charge is 0.251 e. The fourth-order valence-electron chi connectivity index (χ4n) is 4.27. The van der Waals surface area contributed by atoms with Crippen molar-refractivity contribution in [3.8, 4) is 0 Å². The number of amides is 2. The van der Waals surface area contributed by atoms with E-state index in [9.17, 15) is 14.0 Å². The van der Waals surface area contributed by atoms with Gasteiger partial charge in [0.05, 0.1) is 6.54 Å². The highest BCUT2D eigenvalue weighted by atomic mass is 35.5. The fourth-order valence-corrected chi connectivity index (χ4v) is 4.49. The fraction of sp³-hybridized carbons (Fsp3) is 0.636. The molecule has 0 aromatic heterocycles. The molecule has 1 aromatic rings. The molecule has 0 heterocycles. The first-order valence-electron chi connectivity index (χ1n) is 10.5. The van der Waals surface area contributed by atoms with Crippen LogP contribution in [0.3, 0.4) is 0 Å². The summed E-state index contributed by atoms with van der Waals surface area (Å²) in [6.07, 6.45) is 7.34. The number of nitrogens with zero attached hydrogens (tertiary/aromatic N) is 1. The van der Waals surface area contributed by atoms with Crippen LogP contribution >= 0.6 is 11.6 Å². The SMILES string of the molecule is CN(C(=O)CN[C@H]1CC[C@@H](CNC(=O)c2cc(F)cc(Cl)c2)CC1)C1(C)CCC1. The Morgan fingerprint density at radius 2 is 1.90 bits per heavy atom. The first kappa shape index (κ1) is 22.0. The normalized spacial score (nSPS) is 23.2. The zero-order valence-electron chi connectivity index (χ0n) is 17.3. The van der Waals surface area contributed by atoms with E-state index in [1.54, 1.807) is 0 Å². The van der Waals surface area contributed by atoms with Gasteiger partial charge in [0, 0.05) is 35.8 Å². The molecule has 160 valence electrons. The lowest BCUT2D eigenvalue weighted by molar-refractivity contribution is -0.137. The van der Waals surface area contributed by atoms with Gasteiger partial charge < -0.3 is 15.5 Å². The summed E-state index contributed by atoms with van der Waals surface area (Å²) in [4.78, 5) is 26.6. The minimum Gasteiger partial charge on any atom is -0.352 e. The van der Waals surface area contributed by atoms with Crippen LogP contribution in [0.5, 0.6) is 0 Å². The lowest BCUT2D eigenvalue weighted by Crippen LogP contribution is -2.54. The van der Waals surface area contributed by atoms with E-state index in [0.717, 1.165) is 38.5 Å². The number of nitrogens with one attached hydrogen (secondary N) is 2. The van der Waals surface area contributed by atoms with Crippen molar-refractivity contribution in [3.63, 3.8) is 0 Å². The topological polar surface area (TPSA) is 61.4 Å². The first-order chi connectivity index (χ1) is 13.8. The Balaban J connectivity index is 1.36. The second-order valence-electron chi connectivity index (χ2n) is 8.77. The maximum absolute atomic E-state index is 13.4. The Morgan fingerprint density at radius 1 is 1.21 bits per heavy atom. The van der Waals surface area contributed by atoms with Gasteiger partial charge in [-0.05, 0) is 76.0 Å². The monoisotopic (exact) mass is 423 g/mol. The molecule has 5 nitrogen and oxygen atoms in total. The molecule has 2 amide bonds. The first-order valence-corrected chi connectivity index (χ1v) is 10.9. The van der Waals surface area contributed by atoms with E-state index in [-0.39, 0.29) is 27.9 Å². The van der Waals surface area contributed by atoms with Gasteiger partial charge in [0.1, 0.15) is 5.82 Å². The number of carbonyl (C=O) groups excluding carboxylic acids is 2. The van der Waals surface area contributed by atoms with E-state index in [1.807, 2.05) is 11.9 Å². The second-order valence-corrected chi connectivity index (χ2v) is 9.21. The molecular weight excluding hydrogens is 393 g/mol. The van der Waals surface area contributed by atoms with Crippen molar-refractivity contribution in [1.82, 2.24) is 15.5 Å². The van der Waals surface area contributed by atoms with Crippen LogP contribution in [0.2, 0.25) is 5.02 Å². The molecule has 2 saturated carbocycles. The number of hydrogen-bond acceptors (Lipinski definition) is 3. The molecule has 2 fully saturated rings. The molecule has 2 aliphatic rings. The number of hydrogen-bond donors (Lipinski definition) is 2. The zero-order valence-corrected chi connectivity index (χ0v) is 18.0. The van der Waals surface area contributed by atoms with Crippen LogP contribution in [-0.4, -0.2) is 48.4 Å². The van der Waals surface area contributed by atoms with E-state index < -0.39 is 5.82 Å². The van der Waals surface area contributed by atoms with Crippen LogP contribution in [0.25, 0.3) is 0 Å². The molecule has 3 rings (SSSR count). The average molecular weight is 424 g/mol. The summed E-state index contributed by atoms with van der Waals surface area (Å²) in [5.74, 6) is -0.255. The van der Waals surface area contributed by atoms with Gasteiger partial charge in [-0.3, -0.25) is 9.59 Å². The molecule has 7 heteroatoms. The minimum absolute atomic E-state index is 0.0422. The largest absolute Gasteiger partial charge is 0.352 e. The highest BCUT2D eigenvalue weighted by Crippen LogP contribution is 2.36. The lowest BCUT2D eigenvalue weighted by atomic mass is 9.77. The zero-order chi connectivity index (χ0) is 21.0. The van der Waals surface area contributed by atoms with Crippen molar-refractivity contribution in [1.29, 1.82) is 0 Å². The Bertz CT molecular complexity index is 725. The van der Waals surface area contributed by atoms with E-state index >= 15 is 0 Å². The van der Waals surface area contributed by atoms with Crippen molar-refractivity contribution < 1.29 is 14.0 Å². The van der Waals surface area contributed by atoms with Crippen LogP contribution in [-0.2, 0) is 4.79 Å². The Labute approximate surface area is 177 Å². The predicted molar refractivity (Wildman–Crippen MR) is 113 cm³/mol. The summed E-state index contributed by atoms with van der Waals surface area (Å²) in [7, 11) is 1.91. The van der Waals surface area contributed by atoms with E-state index in [4.69, 9.17) is 11.6 Å². The number of likely N-dealkylation sites (N-methyl/N-ethyl adjacent to an activating group) is 1. The van der Waals surface area contributed by atoms with Gasteiger partial charge in [0.2, 0.25) is 5.91 Å².